The van der Waals surface area contributed by atoms with Crippen molar-refractivity contribution in [3.63, 3.8) is 0 Å². The van der Waals surface area contributed by atoms with Crippen molar-refractivity contribution in [2.24, 2.45) is 17.8 Å². The fourth-order valence-electron chi connectivity index (χ4n) is 5.76. The molecular weight excluding hydrogens is 576 g/mol. The zero-order valence-electron chi connectivity index (χ0n) is 21.9. The number of benzene rings is 2. The minimum absolute atomic E-state index is 0.0210. The minimum Gasteiger partial charge on any atom is -0.481 e. The summed E-state index contributed by atoms with van der Waals surface area (Å²) in [6.45, 7) is 5.46. The van der Waals surface area contributed by atoms with Gasteiger partial charge in [-0.2, -0.15) is 0 Å². The largest absolute Gasteiger partial charge is 0.481 e. The average molecular weight is 606 g/mol. The van der Waals surface area contributed by atoms with Gasteiger partial charge in [-0.3, -0.25) is 24.1 Å². The molecule has 1 fully saturated rings. The number of amides is 2. The smallest absolute Gasteiger partial charge is 0.327 e. The van der Waals surface area contributed by atoms with Crippen molar-refractivity contribution in [2.45, 2.75) is 64.5 Å². The number of esters is 1. The summed E-state index contributed by atoms with van der Waals surface area (Å²) in [6.07, 6.45) is 0.587. The molecule has 0 saturated heterocycles. The second-order valence-electron chi connectivity index (χ2n) is 10.9. The Morgan fingerprint density at radius 2 is 1.87 bits per heavy atom. The third kappa shape index (κ3) is 5.48. The summed E-state index contributed by atoms with van der Waals surface area (Å²) in [7, 11) is 0. The van der Waals surface area contributed by atoms with E-state index in [1.165, 1.54) is 12.1 Å². The lowest BCUT2D eigenvalue weighted by Gasteiger charge is -2.42. The van der Waals surface area contributed by atoms with E-state index in [0.717, 1.165) is 37.1 Å². The highest BCUT2D eigenvalue weighted by molar-refractivity contribution is 9.10. The second kappa shape index (κ2) is 11.2. The van der Waals surface area contributed by atoms with Gasteiger partial charge in [0, 0.05) is 15.6 Å². The molecule has 208 valence electrons. The first-order chi connectivity index (χ1) is 18.3. The van der Waals surface area contributed by atoms with Crippen LogP contribution in [0.1, 0.15) is 67.9 Å². The number of carboxylic acids is 1. The fraction of sp³-hybridized carbons (Fsp3) is 0.448. The number of imide groups is 1. The number of carboxylic acid groups (broad SMARTS) is 1. The molecule has 1 aliphatic carbocycles. The Bertz CT molecular complexity index is 1330. The lowest BCUT2D eigenvalue weighted by molar-refractivity contribution is -0.171. The highest BCUT2D eigenvalue weighted by atomic mass is 79.9. The Morgan fingerprint density at radius 3 is 2.51 bits per heavy atom. The average Bonchev–Trinajstić information content (AvgIpc) is 2.85. The van der Waals surface area contributed by atoms with Crippen molar-refractivity contribution in [1.82, 2.24) is 4.90 Å². The number of fused-ring (bicyclic) bond motifs is 1. The van der Waals surface area contributed by atoms with Gasteiger partial charge >= 0.3 is 11.9 Å². The highest BCUT2D eigenvalue weighted by Crippen LogP contribution is 2.43. The molecule has 2 aromatic carbocycles. The molecule has 39 heavy (non-hydrogen) atoms. The molecule has 7 nitrogen and oxygen atoms in total. The van der Waals surface area contributed by atoms with Gasteiger partial charge < -0.3 is 9.84 Å². The van der Waals surface area contributed by atoms with Crippen molar-refractivity contribution in [1.29, 1.82) is 0 Å². The topological polar surface area (TPSA) is 101 Å². The van der Waals surface area contributed by atoms with Crippen LogP contribution >= 0.6 is 15.9 Å². The van der Waals surface area contributed by atoms with Crippen molar-refractivity contribution < 1.29 is 37.8 Å². The molecule has 1 saturated carbocycles. The lowest BCUT2D eigenvalue weighted by Crippen LogP contribution is -2.60. The normalized spacial score (nSPS) is 25.0. The Kier molecular flexibility index (Phi) is 8.25. The van der Waals surface area contributed by atoms with E-state index in [9.17, 15) is 33.1 Å². The van der Waals surface area contributed by atoms with Gasteiger partial charge in [-0.1, -0.05) is 49.2 Å². The van der Waals surface area contributed by atoms with E-state index < -0.39 is 59.9 Å². The number of halogens is 3. The third-order valence-corrected chi connectivity index (χ3v) is 8.35. The Balaban J connectivity index is 1.85. The molecule has 2 aromatic rings. The molecule has 1 N–H and O–H groups in total. The van der Waals surface area contributed by atoms with Crippen LogP contribution in [0.2, 0.25) is 0 Å². The molecule has 1 aliphatic heterocycles. The van der Waals surface area contributed by atoms with E-state index in [2.05, 4.69) is 15.9 Å². The molecule has 0 aromatic heterocycles. The van der Waals surface area contributed by atoms with Gasteiger partial charge in [0.25, 0.3) is 11.8 Å². The number of rotatable bonds is 7. The first kappa shape index (κ1) is 28.9. The Hall–Kier alpha value is -3.14. The van der Waals surface area contributed by atoms with Gasteiger partial charge in [-0.05, 0) is 66.5 Å². The summed E-state index contributed by atoms with van der Waals surface area (Å²) < 4.78 is 35.6. The number of nitrogens with zero attached hydrogens (tertiary/aromatic N) is 1. The molecule has 4 unspecified atom stereocenters. The number of ether oxygens (including phenoxy) is 1. The molecule has 0 radical (unpaired) electrons. The van der Waals surface area contributed by atoms with Crippen LogP contribution < -0.4 is 0 Å². The van der Waals surface area contributed by atoms with Crippen molar-refractivity contribution >= 4 is 39.7 Å². The third-order valence-electron chi connectivity index (χ3n) is 7.86. The summed E-state index contributed by atoms with van der Waals surface area (Å²) in [5, 5.41) is 9.87. The van der Waals surface area contributed by atoms with E-state index >= 15 is 0 Å². The van der Waals surface area contributed by atoms with Crippen LogP contribution in [0, 0.1) is 29.4 Å². The Morgan fingerprint density at radius 1 is 1.15 bits per heavy atom. The quantitative estimate of drug-likeness (QED) is 0.249. The zero-order chi connectivity index (χ0) is 28.6. The molecule has 1 heterocycles. The van der Waals surface area contributed by atoms with E-state index in [1.54, 1.807) is 0 Å². The maximum Gasteiger partial charge on any atom is 0.327 e. The predicted molar refractivity (Wildman–Crippen MR) is 141 cm³/mol. The van der Waals surface area contributed by atoms with Crippen LogP contribution in [0.4, 0.5) is 8.78 Å². The summed E-state index contributed by atoms with van der Waals surface area (Å²) in [6, 6.07) is 6.99. The van der Waals surface area contributed by atoms with Crippen LogP contribution in [0.5, 0.6) is 0 Å². The first-order valence-corrected chi connectivity index (χ1v) is 13.7. The van der Waals surface area contributed by atoms with Crippen LogP contribution in [0.25, 0.3) is 0 Å². The molecule has 4 rings (SSSR count). The first-order valence-electron chi connectivity index (χ1n) is 12.9. The summed E-state index contributed by atoms with van der Waals surface area (Å²) in [5.74, 6) is -5.95. The summed E-state index contributed by atoms with van der Waals surface area (Å²) in [5.41, 5.74) is -3.14. The number of carbonyl (C=O) groups excluding carboxylic acids is 3. The number of aliphatic carboxylic acids is 1. The van der Waals surface area contributed by atoms with E-state index in [1.807, 2.05) is 20.8 Å². The summed E-state index contributed by atoms with van der Waals surface area (Å²) >= 11 is 3.15. The van der Waals surface area contributed by atoms with Gasteiger partial charge in [0.15, 0.2) is 5.41 Å². The second-order valence-corrected chi connectivity index (χ2v) is 11.8. The Labute approximate surface area is 233 Å². The molecule has 0 spiro atoms. The van der Waals surface area contributed by atoms with Gasteiger partial charge in [0.2, 0.25) is 0 Å². The summed E-state index contributed by atoms with van der Waals surface area (Å²) in [4.78, 5) is 54.4. The maximum atomic E-state index is 14.7. The molecule has 2 amide bonds. The van der Waals surface area contributed by atoms with Crippen molar-refractivity contribution in [2.75, 3.05) is 0 Å². The number of hydrogen-bond donors (Lipinski definition) is 1. The SMILES string of the molecule is CC1CCC(C(C)C)C(OC(=O)C2(CC(=O)O)C(=O)N(Cc3ccc(Br)cc3F)C(=O)c3ccc(F)cc32)C1. The van der Waals surface area contributed by atoms with Gasteiger partial charge in [-0.25, -0.2) is 8.78 Å². The zero-order valence-corrected chi connectivity index (χ0v) is 23.5. The van der Waals surface area contributed by atoms with E-state index in [0.29, 0.717) is 15.8 Å². The molecule has 2 aliphatic rings. The number of hydrogen-bond acceptors (Lipinski definition) is 5. The monoisotopic (exact) mass is 605 g/mol. The van der Waals surface area contributed by atoms with Crippen LogP contribution in [-0.2, 0) is 31.1 Å². The van der Waals surface area contributed by atoms with Crippen LogP contribution in [-0.4, -0.2) is 39.9 Å². The molecule has 0 bridgehead atoms. The molecular formula is C29H30BrF2NO6. The van der Waals surface area contributed by atoms with Crippen molar-refractivity contribution in [3.05, 3.63) is 69.2 Å². The minimum atomic E-state index is -2.54. The van der Waals surface area contributed by atoms with E-state index in [4.69, 9.17) is 4.74 Å². The maximum absolute atomic E-state index is 14.7. The van der Waals surface area contributed by atoms with E-state index in [-0.39, 0.29) is 34.4 Å². The van der Waals surface area contributed by atoms with Crippen LogP contribution in [0.15, 0.2) is 40.9 Å². The highest BCUT2D eigenvalue weighted by Gasteiger charge is 2.59. The van der Waals surface area contributed by atoms with Gasteiger partial charge in [0.1, 0.15) is 17.7 Å². The van der Waals surface area contributed by atoms with Crippen molar-refractivity contribution in [3.8, 4) is 0 Å². The fourth-order valence-corrected chi connectivity index (χ4v) is 6.09. The van der Waals surface area contributed by atoms with Gasteiger partial charge in [0.05, 0.1) is 13.0 Å². The van der Waals surface area contributed by atoms with Gasteiger partial charge in [-0.15, -0.1) is 0 Å². The number of carbonyl (C=O) groups is 4. The van der Waals surface area contributed by atoms with Crippen LogP contribution in [0.3, 0.4) is 0 Å². The lowest BCUT2D eigenvalue weighted by atomic mass is 9.70. The standard InChI is InChI=1S/C29H30BrF2NO6/c1-15(2)20-8-4-16(3)10-24(20)39-28(38)29(13-25(34)35)22-12-19(31)7-9-21(22)26(36)33(27(29)37)14-17-5-6-18(30)11-23(17)32/h5-7,9,11-12,15-16,20,24H,4,8,10,13-14H2,1-3H3,(H,34,35). The molecule has 10 heteroatoms. The predicted octanol–water partition coefficient (Wildman–Crippen LogP) is 5.63. The molecule has 4 atom stereocenters.